The number of carbonyl (C=O) groups is 1. The third-order valence-electron chi connectivity index (χ3n) is 5.12. The second-order valence-electron chi connectivity index (χ2n) is 7.52. The van der Waals surface area contributed by atoms with Crippen LogP contribution in [0.15, 0.2) is 53.5 Å². The standard InChI is InChI=1S/C23H30FN5O/c1-4-25-23(26-17-18-5-7-19(8-6-18)22(30)27(2)3)29-15-13-28(14-16-29)21-11-9-20(24)10-12-21/h5-12H,4,13-17H2,1-3H3,(H,25,26). The minimum atomic E-state index is -0.210. The topological polar surface area (TPSA) is 51.2 Å². The van der Waals surface area contributed by atoms with Crippen LogP contribution in [0.4, 0.5) is 10.1 Å². The lowest BCUT2D eigenvalue weighted by Gasteiger charge is -2.37. The molecule has 0 aromatic heterocycles. The van der Waals surface area contributed by atoms with Crippen LogP contribution in [0.25, 0.3) is 0 Å². The van der Waals surface area contributed by atoms with Gasteiger partial charge >= 0.3 is 0 Å². The van der Waals surface area contributed by atoms with Crippen LogP contribution in [0.3, 0.4) is 0 Å². The second kappa shape index (κ2) is 10.1. The molecular formula is C23H30FN5O. The zero-order chi connectivity index (χ0) is 21.5. The molecule has 7 heteroatoms. The summed E-state index contributed by atoms with van der Waals surface area (Å²) in [5.74, 6) is 0.681. The largest absolute Gasteiger partial charge is 0.368 e. The highest BCUT2D eigenvalue weighted by atomic mass is 19.1. The Hall–Kier alpha value is -3.09. The summed E-state index contributed by atoms with van der Waals surface area (Å²) in [6.07, 6.45) is 0. The molecule has 6 nitrogen and oxygen atoms in total. The van der Waals surface area contributed by atoms with Crippen LogP contribution in [0.5, 0.6) is 0 Å². The Bertz CT molecular complexity index is 856. The van der Waals surface area contributed by atoms with Crippen molar-refractivity contribution in [1.29, 1.82) is 0 Å². The Labute approximate surface area is 178 Å². The van der Waals surface area contributed by atoms with Gasteiger partial charge in [0, 0.05) is 58.1 Å². The van der Waals surface area contributed by atoms with Crippen molar-refractivity contribution in [2.24, 2.45) is 4.99 Å². The molecule has 160 valence electrons. The predicted molar refractivity (Wildman–Crippen MR) is 119 cm³/mol. The molecule has 0 radical (unpaired) electrons. The fourth-order valence-electron chi connectivity index (χ4n) is 3.43. The first-order valence-electron chi connectivity index (χ1n) is 10.3. The van der Waals surface area contributed by atoms with Gasteiger partial charge in [0.15, 0.2) is 5.96 Å². The average Bonchev–Trinajstić information content (AvgIpc) is 2.77. The van der Waals surface area contributed by atoms with E-state index in [0.717, 1.165) is 49.9 Å². The number of hydrogen-bond acceptors (Lipinski definition) is 3. The molecule has 1 saturated heterocycles. The van der Waals surface area contributed by atoms with E-state index in [-0.39, 0.29) is 11.7 Å². The molecule has 0 aliphatic carbocycles. The van der Waals surface area contributed by atoms with E-state index < -0.39 is 0 Å². The zero-order valence-electron chi connectivity index (χ0n) is 17.9. The van der Waals surface area contributed by atoms with Crippen LogP contribution in [0.2, 0.25) is 0 Å². The SMILES string of the molecule is CCNC(=NCc1ccc(C(=O)N(C)C)cc1)N1CCN(c2ccc(F)cc2)CC1. The monoisotopic (exact) mass is 411 g/mol. The van der Waals surface area contributed by atoms with Crippen molar-refractivity contribution in [2.45, 2.75) is 13.5 Å². The normalized spacial score (nSPS) is 14.6. The Morgan fingerprint density at radius 2 is 1.67 bits per heavy atom. The molecule has 30 heavy (non-hydrogen) atoms. The Kier molecular flexibility index (Phi) is 7.27. The summed E-state index contributed by atoms with van der Waals surface area (Å²) >= 11 is 0. The number of carbonyl (C=O) groups excluding carboxylic acids is 1. The lowest BCUT2D eigenvalue weighted by Crippen LogP contribution is -2.52. The summed E-state index contributed by atoms with van der Waals surface area (Å²) in [6.45, 7) is 6.82. The maximum absolute atomic E-state index is 13.2. The maximum Gasteiger partial charge on any atom is 0.253 e. The van der Waals surface area contributed by atoms with Crippen molar-refractivity contribution in [3.63, 3.8) is 0 Å². The Balaban J connectivity index is 1.61. The summed E-state index contributed by atoms with van der Waals surface area (Å²) in [5.41, 5.74) is 2.78. The Morgan fingerprint density at radius 1 is 1.03 bits per heavy atom. The van der Waals surface area contributed by atoms with E-state index >= 15 is 0 Å². The number of rotatable bonds is 5. The molecule has 2 aromatic carbocycles. The first-order valence-corrected chi connectivity index (χ1v) is 10.3. The fourth-order valence-corrected chi connectivity index (χ4v) is 3.43. The lowest BCUT2D eigenvalue weighted by atomic mass is 10.1. The molecule has 0 spiro atoms. The molecule has 2 aromatic rings. The number of aliphatic imine (C=N–C) groups is 1. The minimum Gasteiger partial charge on any atom is -0.368 e. The molecule has 1 aliphatic heterocycles. The number of anilines is 1. The average molecular weight is 412 g/mol. The number of guanidine groups is 1. The molecule has 0 bridgehead atoms. The van der Waals surface area contributed by atoms with Crippen molar-refractivity contribution in [1.82, 2.24) is 15.1 Å². The number of halogens is 1. The summed E-state index contributed by atoms with van der Waals surface area (Å²) < 4.78 is 13.2. The first-order chi connectivity index (χ1) is 14.5. The highest BCUT2D eigenvalue weighted by Crippen LogP contribution is 2.17. The molecule has 3 rings (SSSR count). The van der Waals surface area contributed by atoms with Crippen molar-refractivity contribution >= 4 is 17.6 Å². The summed E-state index contributed by atoms with van der Waals surface area (Å²) in [6, 6.07) is 14.3. The van der Waals surface area contributed by atoms with Crippen LogP contribution in [0, 0.1) is 5.82 Å². The fraction of sp³-hybridized carbons (Fsp3) is 0.391. The molecule has 1 heterocycles. The van der Waals surface area contributed by atoms with Gasteiger partial charge in [-0.3, -0.25) is 4.79 Å². The number of piperazine rings is 1. The quantitative estimate of drug-likeness (QED) is 0.607. The molecule has 1 N–H and O–H groups in total. The van der Waals surface area contributed by atoms with Gasteiger partial charge < -0.3 is 20.0 Å². The van der Waals surface area contributed by atoms with Gasteiger partial charge in [0.2, 0.25) is 0 Å². The zero-order valence-corrected chi connectivity index (χ0v) is 17.9. The van der Waals surface area contributed by atoms with Crippen LogP contribution in [-0.4, -0.2) is 68.5 Å². The van der Waals surface area contributed by atoms with Gasteiger partial charge in [0.25, 0.3) is 5.91 Å². The number of nitrogens with one attached hydrogen (secondary N) is 1. The number of hydrogen-bond donors (Lipinski definition) is 1. The summed E-state index contributed by atoms with van der Waals surface area (Å²) in [5, 5.41) is 3.38. The van der Waals surface area contributed by atoms with Crippen molar-refractivity contribution in [2.75, 3.05) is 51.7 Å². The summed E-state index contributed by atoms with van der Waals surface area (Å²) in [7, 11) is 3.50. The molecular weight excluding hydrogens is 381 g/mol. The van der Waals surface area contributed by atoms with E-state index in [1.165, 1.54) is 12.1 Å². The maximum atomic E-state index is 13.2. The second-order valence-corrected chi connectivity index (χ2v) is 7.52. The number of amides is 1. The lowest BCUT2D eigenvalue weighted by molar-refractivity contribution is 0.0827. The smallest absolute Gasteiger partial charge is 0.253 e. The van der Waals surface area contributed by atoms with E-state index in [9.17, 15) is 9.18 Å². The number of benzene rings is 2. The van der Waals surface area contributed by atoms with Gasteiger partial charge in [-0.1, -0.05) is 12.1 Å². The van der Waals surface area contributed by atoms with Crippen LogP contribution in [0.1, 0.15) is 22.8 Å². The van der Waals surface area contributed by atoms with Gasteiger partial charge in [0.1, 0.15) is 5.82 Å². The van der Waals surface area contributed by atoms with Crippen LogP contribution < -0.4 is 10.2 Å². The molecule has 1 fully saturated rings. The highest BCUT2D eigenvalue weighted by Gasteiger charge is 2.20. The molecule has 0 atom stereocenters. The van der Waals surface area contributed by atoms with Gasteiger partial charge in [-0.05, 0) is 48.9 Å². The molecule has 1 aliphatic rings. The van der Waals surface area contributed by atoms with Gasteiger partial charge in [0.05, 0.1) is 6.54 Å². The molecule has 1 amide bonds. The first kappa shape index (κ1) is 21.6. The van der Waals surface area contributed by atoms with Crippen molar-refractivity contribution in [3.8, 4) is 0 Å². The van der Waals surface area contributed by atoms with Gasteiger partial charge in [-0.25, -0.2) is 9.38 Å². The molecule has 0 unspecified atom stereocenters. The van der Waals surface area contributed by atoms with Crippen LogP contribution in [-0.2, 0) is 6.54 Å². The van der Waals surface area contributed by atoms with Crippen molar-refractivity contribution < 1.29 is 9.18 Å². The van der Waals surface area contributed by atoms with Crippen LogP contribution >= 0.6 is 0 Å². The third-order valence-corrected chi connectivity index (χ3v) is 5.12. The van der Waals surface area contributed by atoms with Gasteiger partial charge in [-0.2, -0.15) is 0 Å². The summed E-state index contributed by atoms with van der Waals surface area (Å²) in [4.78, 5) is 22.9. The van der Waals surface area contributed by atoms with E-state index in [1.807, 2.05) is 36.4 Å². The highest BCUT2D eigenvalue weighted by molar-refractivity contribution is 5.93. The van der Waals surface area contributed by atoms with E-state index in [1.54, 1.807) is 19.0 Å². The van der Waals surface area contributed by atoms with E-state index in [0.29, 0.717) is 12.1 Å². The third kappa shape index (κ3) is 5.49. The Morgan fingerprint density at radius 3 is 2.23 bits per heavy atom. The van der Waals surface area contributed by atoms with E-state index in [2.05, 4.69) is 22.0 Å². The molecule has 0 saturated carbocycles. The number of nitrogens with zero attached hydrogens (tertiary/aromatic N) is 4. The van der Waals surface area contributed by atoms with Gasteiger partial charge in [-0.15, -0.1) is 0 Å². The minimum absolute atomic E-state index is 0.00239. The van der Waals surface area contributed by atoms with E-state index in [4.69, 9.17) is 4.99 Å². The van der Waals surface area contributed by atoms with Crippen molar-refractivity contribution in [3.05, 3.63) is 65.5 Å². The predicted octanol–water partition coefficient (Wildman–Crippen LogP) is 2.82.